The molecule has 3 rings (SSSR count). The molecule has 0 heterocycles. The smallest absolute Gasteiger partial charge is 0.166 e. The van der Waals surface area contributed by atoms with Crippen molar-refractivity contribution in [1.29, 1.82) is 0 Å². The molecule has 0 aliphatic heterocycles. The normalized spacial score (nSPS) is 29.0. The van der Waals surface area contributed by atoms with Gasteiger partial charge in [-0.1, -0.05) is 18.2 Å². The van der Waals surface area contributed by atoms with E-state index in [-0.39, 0.29) is 5.92 Å². The molecule has 0 saturated heterocycles. The van der Waals surface area contributed by atoms with Gasteiger partial charge in [-0.05, 0) is 68.4 Å². The van der Waals surface area contributed by atoms with Crippen LogP contribution in [0.15, 0.2) is 24.3 Å². The van der Waals surface area contributed by atoms with Gasteiger partial charge in [0.2, 0.25) is 0 Å². The molecule has 0 bridgehead atoms. The number of carbonyl (C=O) groups excluding carboxylic acids is 1. The third-order valence-electron chi connectivity index (χ3n) is 5.42. The van der Waals surface area contributed by atoms with E-state index in [0.717, 1.165) is 62.9 Å². The number of carbonyl (C=O) groups is 1. The molecule has 2 aliphatic rings. The van der Waals surface area contributed by atoms with Crippen molar-refractivity contribution in [3.05, 3.63) is 41.5 Å². The van der Waals surface area contributed by atoms with E-state index in [1.54, 1.807) is 12.1 Å². The molecule has 1 saturated carbocycles. The zero-order valence-corrected chi connectivity index (χ0v) is 12.7. The van der Waals surface area contributed by atoms with Crippen LogP contribution in [0.4, 0.5) is 8.78 Å². The van der Waals surface area contributed by atoms with E-state index in [2.05, 4.69) is 6.08 Å². The molecule has 1 aromatic rings. The predicted molar refractivity (Wildman–Crippen MR) is 83.2 cm³/mol. The Kier molecular flexibility index (Phi) is 4.70. The molecule has 118 valence electrons. The second-order valence-corrected chi connectivity index (χ2v) is 6.68. The summed E-state index contributed by atoms with van der Waals surface area (Å²) < 4.78 is 27.2. The summed E-state index contributed by atoms with van der Waals surface area (Å²) in [5.41, 5.74) is 1.36. The van der Waals surface area contributed by atoms with Crippen LogP contribution in [-0.2, 0) is 4.79 Å². The Hall–Kier alpha value is -1.51. The maximum absolute atomic E-state index is 13.9. The van der Waals surface area contributed by atoms with Gasteiger partial charge >= 0.3 is 0 Å². The number of aldehydes is 1. The van der Waals surface area contributed by atoms with Crippen LogP contribution < -0.4 is 0 Å². The Morgan fingerprint density at radius 2 is 1.77 bits per heavy atom. The van der Waals surface area contributed by atoms with Crippen LogP contribution in [0, 0.1) is 29.4 Å². The zero-order chi connectivity index (χ0) is 15.5. The molecule has 0 N–H and O–H groups in total. The minimum absolute atomic E-state index is 0.257. The Bertz CT molecular complexity index is 571. The van der Waals surface area contributed by atoms with Crippen molar-refractivity contribution >= 4 is 11.9 Å². The average Bonchev–Trinajstić information content (AvgIpc) is 2.58. The highest BCUT2D eigenvalue weighted by Crippen LogP contribution is 2.41. The Morgan fingerprint density at radius 1 is 1.00 bits per heavy atom. The molecule has 0 spiro atoms. The number of rotatable bonds is 3. The molecule has 0 amide bonds. The van der Waals surface area contributed by atoms with E-state index in [1.807, 2.05) is 0 Å². The van der Waals surface area contributed by atoms with Gasteiger partial charge in [0.15, 0.2) is 11.6 Å². The van der Waals surface area contributed by atoms with Crippen molar-refractivity contribution in [1.82, 2.24) is 0 Å². The van der Waals surface area contributed by atoms with Crippen molar-refractivity contribution in [3.8, 4) is 0 Å². The Morgan fingerprint density at radius 3 is 2.41 bits per heavy atom. The van der Waals surface area contributed by atoms with E-state index in [4.69, 9.17) is 0 Å². The van der Waals surface area contributed by atoms with Crippen molar-refractivity contribution in [2.75, 3.05) is 0 Å². The van der Waals surface area contributed by atoms with E-state index in [0.29, 0.717) is 17.4 Å². The van der Waals surface area contributed by atoms with E-state index in [9.17, 15) is 13.6 Å². The molecular weight excluding hydrogens is 282 g/mol. The van der Waals surface area contributed by atoms with Crippen molar-refractivity contribution in [3.63, 3.8) is 0 Å². The predicted octanol–water partition coefficient (Wildman–Crippen LogP) is 5.15. The standard InChI is InChI=1S/C19H22F2O/c20-18-3-1-2-17(19(18)21)16-10-8-15(9-11-16)14-6-4-13(12-22)5-7-14/h1-3,10,12-15H,4-9,11H2. The molecule has 1 atom stereocenters. The lowest BCUT2D eigenvalue weighted by Gasteiger charge is -2.34. The summed E-state index contributed by atoms with van der Waals surface area (Å²) in [6, 6.07) is 4.40. The molecule has 3 heteroatoms. The van der Waals surface area contributed by atoms with Crippen LogP contribution in [0.1, 0.15) is 50.5 Å². The largest absolute Gasteiger partial charge is 0.303 e. The van der Waals surface area contributed by atoms with Gasteiger partial charge in [0, 0.05) is 11.5 Å². The monoisotopic (exact) mass is 304 g/mol. The third kappa shape index (κ3) is 3.13. The van der Waals surface area contributed by atoms with E-state index >= 15 is 0 Å². The van der Waals surface area contributed by atoms with Gasteiger partial charge in [-0.2, -0.15) is 0 Å². The average molecular weight is 304 g/mol. The SMILES string of the molecule is O=CC1CCC(C2CC=C(c3cccc(F)c3F)CC2)CC1. The maximum Gasteiger partial charge on any atom is 0.166 e. The van der Waals surface area contributed by atoms with Gasteiger partial charge in [0.1, 0.15) is 6.29 Å². The molecule has 1 aromatic carbocycles. The van der Waals surface area contributed by atoms with Crippen LogP contribution in [0.3, 0.4) is 0 Å². The van der Waals surface area contributed by atoms with Crippen LogP contribution in [0.25, 0.3) is 5.57 Å². The molecule has 1 fully saturated rings. The molecule has 1 unspecified atom stereocenters. The summed E-state index contributed by atoms with van der Waals surface area (Å²) in [4.78, 5) is 10.8. The first-order valence-electron chi connectivity index (χ1n) is 8.27. The molecule has 22 heavy (non-hydrogen) atoms. The summed E-state index contributed by atoms with van der Waals surface area (Å²) in [5, 5.41) is 0. The quantitative estimate of drug-likeness (QED) is 0.705. The van der Waals surface area contributed by atoms with E-state index < -0.39 is 11.6 Å². The van der Waals surface area contributed by atoms with Crippen LogP contribution >= 0.6 is 0 Å². The Balaban J connectivity index is 1.65. The summed E-state index contributed by atoms with van der Waals surface area (Å²) in [7, 11) is 0. The first-order chi connectivity index (χ1) is 10.7. The number of hydrogen-bond donors (Lipinski definition) is 0. The lowest BCUT2D eigenvalue weighted by molar-refractivity contribution is -0.112. The summed E-state index contributed by atoms with van der Waals surface area (Å²) >= 11 is 0. The highest BCUT2D eigenvalue weighted by Gasteiger charge is 2.29. The number of hydrogen-bond acceptors (Lipinski definition) is 1. The second-order valence-electron chi connectivity index (χ2n) is 6.68. The summed E-state index contributed by atoms with van der Waals surface area (Å²) in [6.07, 6.45) is 10.3. The topological polar surface area (TPSA) is 17.1 Å². The third-order valence-corrected chi connectivity index (χ3v) is 5.42. The number of benzene rings is 1. The second kappa shape index (κ2) is 6.72. The number of allylic oxidation sites excluding steroid dienone is 2. The Labute approximate surface area is 130 Å². The number of halogens is 2. The van der Waals surface area contributed by atoms with Gasteiger partial charge in [-0.15, -0.1) is 0 Å². The van der Waals surface area contributed by atoms with Crippen molar-refractivity contribution in [2.24, 2.45) is 17.8 Å². The van der Waals surface area contributed by atoms with Gasteiger partial charge in [0.25, 0.3) is 0 Å². The minimum atomic E-state index is -0.771. The lowest BCUT2D eigenvalue weighted by Crippen LogP contribution is -2.23. The lowest BCUT2D eigenvalue weighted by atomic mass is 9.71. The molecular formula is C19H22F2O. The fourth-order valence-corrected chi connectivity index (χ4v) is 4.03. The molecule has 0 radical (unpaired) electrons. The first-order valence-corrected chi connectivity index (χ1v) is 8.27. The maximum atomic E-state index is 13.9. The molecule has 2 aliphatic carbocycles. The highest BCUT2D eigenvalue weighted by atomic mass is 19.2. The minimum Gasteiger partial charge on any atom is -0.303 e. The van der Waals surface area contributed by atoms with Crippen LogP contribution in [0.2, 0.25) is 0 Å². The van der Waals surface area contributed by atoms with Crippen LogP contribution in [-0.4, -0.2) is 6.29 Å². The van der Waals surface area contributed by atoms with Gasteiger partial charge < -0.3 is 4.79 Å². The fraction of sp³-hybridized carbons (Fsp3) is 0.526. The van der Waals surface area contributed by atoms with E-state index in [1.165, 1.54) is 0 Å². The first kappa shape index (κ1) is 15.4. The van der Waals surface area contributed by atoms with Gasteiger partial charge in [0.05, 0.1) is 0 Å². The summed E-state index contributed by atoms with van der Waals surface area (Å²) in [5.74, 6) is 0.0815. The molecule has 0 aromatic heterocycles. The highest BCUT2D eigenvalue weighted by molar-refractivity contribution is 5.66. The van der Waals surface area contributed by atoms with Crippen LogP contribution in [0.5, 0.6) is 0 Å². The zero-order valence-electron chi connectivity index (χ0n) is 12.7. The fourth-order valence-electron chi connectivity index (χ4n) is 4.03. The van der Waals surface area contributed by atoms with Crippen molar-refractivity contribution < 1.29 is 13.6 Å². The van der Waals surface area contributed by atoms with Crippen molar-refractivity contribution in [2.45, 2.75) is 44.9 Å². The van der Waals surface area contributed by atoms with Gasteiger partial charge in [-0.25, -0.2) is 8.78 Å². The summed E-state index contributed by atoms with van der Waals surface area (Å²) in [6.45, 7) is 0. The van der Waals surface area contributed by atoms with Gasteiger partial charge in [-0.3, -0.25) is 0 Å². The molecule has 1 nitrogen and oxygen atoms in total.